The van der Waals surface area contributed by atoms with E-state index in [1.165, 1.54) is 0 Å². The molecule has 1 fully saturated rings. The average Bonchev–Trinajstić information content (AvgIpc) is 3.40. The Labute approximate surface area is 212 Å². The Morgan fingerprint density at radius 3 is 2.71 bits per heavy atom. The van der Waals surface area contributed by atoms with Crippen molar-refractivity contribution in [1.82, 2.24) is 20.3 Å². The number of rotatable bonds is 9. The molecule has 1 amide bonds. The first-order valence-electron chi connectivity index (χ1n) is 11.3. The Morgan fingerprint density at radius 2 is 2.03 bits per heavy atom. The number of nitrogens with zero attached hydrogens (tertiary/aromatic N) is 3. The maximum atomic E-state index is 11.9. The third-order valence-corrected chi connectivity index (χ3v) is 5.85. The van der Waals surface area contributed by atoms with Crippen molar-refractivity contribution in [1.29, 1.82) is 0 Å². The number of benzene rings is 1. The Balaban J connectivity index is 0.00000342. The van der Waals surface area contributed by atoms with Gasteiger partial charge in [-0.3, -0.25) is 4.79 Å². The minimum Gasteiger partial charge on any atom is -0.496 e. The van der Waals surface area contributed by atoms with Crippen molar-refractivity contribution in [2.45, 2.75) is 25.3 Å². The summed E-state index contributed by atoms with van der Waals surface area (Å²) in [5, 5.41) is 9.40. The summed E-state index contributed by atoms with van der Waals surface area (Å²) in [6.07, 6.45) is 4.35. The van der Waals surface area contributed by atoms with Gasteiger partial charge in [0, 0.05) is 49.5 Å². The topological polar surface area (TPSA) is 110 Å². The van der Waals surface area contributed by atoms with Gasteiger partial charge < -0.3 is 25.4 Å². The van der Waals surface area contributed by atoms with Gasteiger partial charge in [0.15, 0.2) is 0 Å². The summed E-state index contributed by atoms with van der Waals surface area (Å²) in [4.78, 5) is 25.2. The molecule has 1 aromatic carbocycles. The second-order valence-electron chi connectivity index (χ2n) is 8.24. The molecular formula is C25H32N6O3S. The molecule has 3 aromatic rings. The molecule has 1 aliphatic heterocycles. The van der Waals surface area contributed by atoms with E-state index < -0.39 is 0 Å². The monoisotopic (exact) mass is 496 g/mol. The first kappa shape index (κ1) is 26.2. The molecule has 1 saturated heterocycles. The number of nitrogens with one attached hydrogen (secondary N) is 3. The van der Waals surface area contributed by atoms with Crippen LogP contribution in [-0.2, 0) is 4.74 Å². The number of ether oxygens (including phenoxy) is 2. The molecule has 3 N–H and O–H groups in total. The number of carbonyl (C=O) groups excluding carboxylic acids is 1. The number of pyridine rings is 1. The van der Waals surface area contributed by atoms with E-state index in [0.717, 1.165) is 41.5 Å². The normalized spacial score (nSPS) is 15.6. The first-order valence-corrected chi connectivity index (χ1v) is 11.3. The number of aromatic nitrogens is 3. The number of carbonyl (C=O) groups is 1. The van der Waals surface area contributed by atoms with E-state index in [9.17, 15) is 4.79 Å². The molecule has 0 saturated carbocycles. The largest absolute Gasteiger partial charge is 0.496 e. The van der Waals surface area contributed by atoms with Crippen LogP contribution >= 0.6 is 13.5 Å². The minimum absolute atomic E-state index is 0. The lowest BCUT2D eigenvalue weighted by atomic mass is 9.98. The van der Waals surface area contributed by atoms with Crippen molar-refractivity contribution in [2.75, 3.05) is 44.5 Å². The van der Waals surface area contributed by atoms with E-state index in [0.29, 0.717) is 30.5 Å². The van der Waals surface area contributed by atoms with Crippen LogP contribution in [0.5, 0.6) is 5.75 Å². The third kappa shape index (κ3) is 6.61. The Kier molecular flexibility index (Phi) is 9.27. The van der Waals surface area contributed by atoms with Crippen molar-refractivity contribution < 1.29 is 14.3 Å². The van der Waals surface area contributed by atoms with Gasteiger partial charge in [0.05, 0.1) is 25.5 Å². The van der Waals surface area contributed by atoms with Crippen molar-refractivity contribution in [3.05, 3.63) is 60.0 Å². The van der Waals surface area contributed by atoms with Gasteiger partial charge in [-0.25, -0.2) is 15.0 Å². The van der Waals surface area contributed by atoms with Crippen LogP contribution < -0.4 is 20.7 Å². The molecular weight excluding hydrogens is 464 g/mol. The van der Waals surface area contributed by atoms with Gasteiger partial charge in [0.2, 0.25) is 0 Å². The fourth-order valence-corrected chi connectivity index (χ4v) is 3.87. The average molecular weight is 497 g/mol. The van der Waals surface area contributed by atoms with E-state index in [2.05, 4.69) is 37.8 Å². The predicted molar refractivity (Wildman–Crippen MR) is 142 cm³/mol. The van der Waals surface area contributed by atoms with Crippen molar-refractivity contribution in [3.63, 3.8) is 0 Å². The number of hydrogen-bond donors (Lipinski definition) is 3. The zero-order valence-electron chi connectivity index (χ0n) is 20.2. The zero-order chi connectivity index (χ0) is 23.9. The van der Waals surface area contributed by atoms with Crippen LogP contribution in [0.1, 0.15) is 35.2 Å². The smallest absolute Gasteiger partial charge is 0.251 e. The summed E-state index contributed by atoms with van der Waals surface area (Å²) in [7, 11) is 3.22. The van der Waals surface area contributed by atoms with Crippen molar-refractivity contribution >= 4 is 31.0 Å². The highest BCUT2D eigenvalue weighted by Crippen LogP contribution is 2.28. The van der Waals surface area contributed by atoms with Gasteiger partial charge in [-0.05, 0) is 36.2 Å². The van der Waals surface area contributed by atoms with Crippen LogP contribution in [0.25, 0.3) is 11.3 Å². The van der Waals surface area contributed by atoms with Crippen LogP contribution in [0.4, 0.5) is 11.6 Å². The van der Waals surface area contributed by atoms with Crippen LogP contribution in [0.15, 0.2) is 48.9 Å². The number of hydrogen-bond acceptors (Lipinski definition) is 8. The number of anilines is 2. The highest BCUT2D eigenvalue weighted by molar-refractivity contribution is 7.59. The quantitative estimate of drug-likeness (QED) is 0.413. The third-order valence-electron chi connectivity index (χ3n) is 5.85. The van der Waals surface area contributed by atoms with Gasteiger partial charge in [-0.1, -0.05) is 13.0 Å². The van der Waals surface area contributed by atoms with Crippen LogP contribution in [-0.4, -0.2) is 60.8 Å². The molecule has 3 heterocycles. The summed E-state index contributed by atoms with van der Waals surface area (Å²) in [6, 6.07) is 11.7. The molecule has 10 heteroatoms. The fourth-order valence-electron chi connectivity index (χ4n) is 3.87. The van der Waals surface area contributed by atoms with Gasteiger partial charge in [0.25, 0.3) is 5.91 Å². The van der Waals surface area contributed by atoms with Crippen molar-refractivity contribution in [2.24, 2.45) is 0 Å². The summed E-state index contributed by atoms with van der Waals surface area (Å²) in [5.41, 5.74) is 3.28. The zero-order valence-corrected chi connectivity index (χ0v) is 21.2. The molecule has 0 spiro atoms. The molecule has 186 valence electrons. The molecule has 4 rings (SSSR count). The molecule has 2 aromatic heterocycles. The highest BCUT2D eigenvalue weighted by Gasteiger charge is 2.16. The van der Waals surface area contributed by atoms with E-state index in [1.54, 1.807) is 32.6 Å². The lowest BCUT2D eigenvalue weighted by Gasteiger charge is -2.17. The summed E-state index contributed by atoms with van der Waals surface area (Å²) in [5.74, 6) is 2.22. The summed E-state index contributed by atoms with van der Waals surface area (Å²) < 4.78 is 10.9. The SMILES string of the molecule is CNC(=O)c1ccc([C@H](C)CNc2cc(-c3ccc(N[C@@H]4CCOC4)nc3)ncn2)c(OC)c1.S. The maximum absolute atomic E-state index is 11.9. The van der Waals surface area contributed by atoms with Gasteiger partial charge in [0.1, 0.15) is 23.7 Å². The van der Waals surface area contributed by atoms with E-state index in [-0.39, 0.29) is 25.3 Å². The Hall–Kier alpha value is -3.37. The van der Waals surface area contributed by atoms with E-state index >= 15 is 0 Å². The molecule has 0 aliphatic carbocycles. The first-order chi connectivity index (χ1) is 16.6. The summed E-state index contributed by atoms with van der Waals surface area (Å²) >= 11 is 0. The molecule has 0 radical (unpaired) electrons. The van der Waals surface area contributed by atoms with Crippen LogP contribution in [0, 0.1) is 0 Å². The molecule has 9 nitrogen and oxygen atoms in total. The van der Waals surface area contributed by atoms with Gasteiger partial charge in [-0.15, -0.1) is 0 Å². The van der Waals surface area contributed by atoms with Gasteiger partial charge in [-0.2, -0.15) is 13.5 Å². The standard InChI is InChI=1S/C25H30N6O3.H2S/c1-16(20-6-4-17(25(32)26-2)10-22(20)33-3)12-27-24-11-21(29-15-30-24)18-5-7-23(28-13-18)31-19-8-9-34-14-19;/h4-7,10-11,13,15-16,19H,8-9,12,14H2,1-3H3,(H,26,32)(H,28,31)(H,27,29,30);1H2/t16-,19-;/m1./s1. The molecule has 0 bridgehead atoms. The molecule has 0 unspecified atom stereocenters. The second-order valence-corrected chi connectivity index (χ2v) is 8.24. The molecule has 2 atom stereocenters. The minimum atomic E-state index is -0.144. The number of methoxy groups -OCH3 is 1. The fraction of sp³-hybridized carbons (Fsp3) is 0.360. The lowest BCUT2D eigenvalue weighted by molar-refractivity contribution is 0.0962. The van der Waals surface area contributed by atoms with Crippen LogP contribution in [0.3, 0.4) is 0 Å². The Bertz CT molecular complexity index is 1120. The Morgan fingerprint density at radius 1 is 1.17 bits per heavy atom. The molecule has 35 heavy (non-hydrogen) atoms. The maximum Gasteiger partial charge on any atom is 0.251 e. The predicted octanol–water partition coefficient (Wildman–Crippen LogP) is 3.44. The van der Waals surface area contributed by atoms with E-state index in [1.807, 2.05) is 30.5 Å². The van der Waals surface area contributed by atoms with Gasteiger partial charge >= 0.3 is 0 Å². The lowest BCUT2D eigenvalue weighted by Crippen LogP contribution is -2.19. The molecule has 1 aliphatic rings. The van der Waals surface area contributed by atoms with E-state index in [4.69, 9.17) is 9.47 Å². The van der Waals surface area contributed by atoms with Crippen molar-refractivity contribution in [3.8, 4) is 17.0 Å². The second kappa shape index (κ2) is 12.4. The van der Waals surface area contributed by atoms with Crippen LogP contribution in [0.2, 0.25) is 0 Å². The highest BCUT2D eigenvalue weighted by atomic mass is 32.1. The number of amides is 1. The summed E-state index contributed by atoms with van der Waals surface area (Å²) in [6.45, 7) is 4.24.